The molecule has 0 radical (unpaired) electrons. The van der Waals surface area contributed by atoms with Crippen molar-refractivity contribution in [3.05, 3.63) is 44.1 Å². The van der Waals surface area contributed by atoms with Crippen LogP contribution in [0.2, 0.25) is 0 Å². The van der Waals surface area contributed by atoms with Gasteiger partial charge in [0.2, 0.25) is 5.52 Å². The molecule has 1 aliphatic carbocycles. The second-order valence-electron chi connectivity index (χ2n) is 12.7. The molecule has 26 heteroatoms. The van der Waals surface area contributed by atoms with Crippen molar-refractivity contribution in [1.29, 1.82) is 0 Å². The van der Waals surface area contributed by atoms with E-state index in [0.717, 1.165) is 5.57 Å². The van der Waals surface area contributed by atoms with Gasteiger partial charge in [-0.05, 0) is 18.9 Å². The lowest BCUT2D eigenvalue weighted by Crippen LogP contribution is -2.53. The van der Waals surface area contributed by atoms with E-state index >= 15 is 0 Å². The van der Waals surface area contributed by atoms with E-state index in [0.29, 0.717) is 23.5 Å². The second-order valence-corrected chi connectivity index (χ2v) is 15.7. The van der Waals surface area contributed by atoms with Gasteiger partial charge in [-0.3, -0.25) is 18.8 Å². The Kier molecular flexibility index (Phi) is 10.9. The first kappa shape index (κ1) is 39.0. The number of rotatable bonds is 13. The number of H-pyrrole nitrogens is 2. The van der Waals surface area contributed by atoms with Gasteiger partial charge in [0.15, 0.2) is 17.9 Å². The van der Waals surface area contributed by atoms with Gasteiger partial charge in [-0.15, -0.1) is 0 Å². The number of ether oxygens (including phenoxy) is 1. The van der Waals surface area contributed by atoms with Crippen molar-refractivity contribution in [3.8, 4) is 0 Å². The van der Waals surface area contributed by atoms with E-state index in [1.807, 2.05) is 13.8 Å². The maximum absolute atomic E-state index is 12.6. The molecule has 3 aliphatic rings. The van der Waals surface area contributed by atoms with Crippen LogP contribution in [-0.4, -0.2) is 123 Å². The van der Waals surface area contributed by atoms with Crippen molar-refractivity contribution < 1.29 is 67.1 Å². The molecule has 1 saturated heterocycles. The molecule has 3 aromatic heterocycles. The first-order valence-corrected chi connectivity index (χ1v) is 18.9. The number of hydrogen-bond acceptors (Lipinski definition) is 19. The number of anilines is 3. The molecule has 0 saturated carbocycles. The summed E-state index contributed by atoms with van der Waals surface area (Å²) >= 11 is 0. The molecule has 0 amide bonds. The van der Waals surface area contributed by atoms with Crippen molar-refractivity contribution in [1.82, 2.24) is 24.9 Å². The number of aliphatic hydroxyl groups excluding tert-OH is 5. The van der Waals surface area contributed by atoms with Crippen molar-refractivity contribution in [2.24, 2.45) is 5.92 Å². The predicted molar refractivity (Wildman–Crippen MR) is 178 cm³/mol. The summed E-state index contributed by atoms with van der Waals surface area (Å²) in [6, 6.07) is 0. The Hall–Kier alpha value is -3.74. The van der Waals surface area contributed by atoms with Crippen LogP contribution in [0.15, 0.2) is 21.5 Å². The largest absolute Gasteiger partial charge is 0.481 e. The van der Waals surface area contributed by atoms with E-state index in [4.69, 9.17) is 15.0 Å². The number of aromatic amines is 2. The fourth-order valence-corrected chi connectivity index (χ4v) is 8.18. The number of nitrogens with two attached hydrogens (primary N) is 1. The molecule has 6 rings (SSSR count). The third-order valence-electron chi connectivity index (χ3n) is 9.04. The highest BCUT2D eigenvalue weighted by molar-refractivity contribution is 7.61. The molecule has 1 fully saturated rings. The van der Waals surface area contributed by atoms with Crippen LogP contribution in [-0.2, 0) is 40.2 Å². The lowest BCUT2D eigenvalue weighted by Gasteiger charge is -2.26. The summed E-state index contributed by atoms with van der Waals surface area (Å²) in [6.45, 7) is 1.21. The van der Waals surface area contributed by atoms with Gasteiger partial charge >= 0.3 is 27.0 Å². The van der Waals surface area contributed by atoms with Crippen molar-refractivity contribution >= 4 is 50.2 Å². The third-order valence-corrected chi connectivity index (χ3v) is 11.6. The SMILES string of the molecule is CC1=Cc2nc3c(=O)[nH]c(=O)[nH]c3[n+](C[C@H](O)[C@H](O)[C@H](O)COP(=O)(O)OP(=O)(O)OC[C@H]3O[C@@H](N4CNc5c(N)ncnc54)[C@H](O)[C@@H]3O)c2C[C@H]1C. The van der Waals surface area contributed by atoms with E-state index < -0.39 is 89.5 Å². The van der Waals surface area contributed by atoms with E-state index in [1.54, 1.807) is 6.08 Å². The first-order valence-electron chi connectivity index (χ1n) is 16.0. The standard InChI is InChI=1S/C27H37N9O15P2/c1-10-3-12-13(4-11(10)2)35(24-18(32-12)25(42)34-27(43)33-24)5-14(37)19(39)15(38)6-48-52(44,45)51-53(46,47)49-7-16-20(40)21(41)26(50-16)36-9-31-17-22(28)29-8-30-23(17)36/h3,8,11,14-16,19-21,26,37-41H,4-7,9H2,1-2H3,(H6,28,29,30,31,32,33,34,42,43,44,45,46,47)/p+1/t11-,14+,15-,16-,19+,20-,21-,26-/m1/s1. The van der Waals surface area contributed by atoms with E-state index in [2.05, 4.69) is 39.1 Å². The maximum atomic E-state index is 12.6. The highest BCUT2D eigenvalue weighted by Crippen LogP contribution is 2.60. The summed E-state index contributed by atoms with van der Waals surface area (Å²) in [5, 5.41) is 56.1. The van der Waals surface area contributed by atoms with Crippen LogP contribution in [0.4, 0.5) is 17.3 Å². The summed E-state index contributed by atoms with van der Waals surface area (Å²) < 4.78 is 45.6. The molecule has 3 aromatic rings. The number of nitrogens with zero attached hydrogens (tertiary/aromatic N) is 5. The van der Waals surface area contributed by atoms with Crippen LogP contribution < -0.4 is 31.8 Å². The lowest BCUT2D eigenvalue weighted by molar-refractivity contribution is -0.690. The van der Waals surface area contributed by atoms with Gasteiger partial charge in [-0.2, -0.15) is 9.29 Å². The minimum absolute atomic E-state index is 0.00804. The van der Waals surface area contributed by atoms with E-state index in [-0.39, 0.29) is 35.4 Å². The summed E-state index contributed by atoms with van der Waals surface area (Å²) in [5.41, 5.74) is 6.11. The van der Waals surface area contributed by atoms with E-state index in [1.165, 1.54) is 15.8 Å². The monoisotopic (exact) mass is 790 g/mol. The number of allylic oxidation sites excluding steroid dienone is 1. The molecule has 2 unspecified atom stereocenters. The fourth-order valence-electron chi connectivity index (χ4n) is 6.08. The molecule has 2 aliphatic heterocycles. The molecule has 12 N–H and O–H groups in total. The molecule has 0 bridgehead atoms. The van der Waals surface area contributed by atoms with Gasteiger partial charge in [-0.1, -0.05) is 12.5 Å². The fraction of sp³-hybridized carbons (Fsp3) is 0.556. The molecule has 5 heterocycles. The minimum atomic E-state index is -5.52. The molecule has 24 nitrogen and oxygen atoms in total. The Morgan fingerprint density at radius 1 is 1.09 bits per heavy atom. The second kappa shape index (κ2) is 14.8. The van der Waals surface area contributed by atoms with Gasteiger partial charge < -0.3 is 56.0 Å². The zero-order valence-electron chi connectivity index (χ0n) is 27.9. The molecule has 10 atom stereocenters. The summed E-state index contributed by atoms with van der Waals surface area (Å²) in [5.74, 6) is 0.380. The van der Waals surface area contributed by atoms with Crippen LogP contribution in [0.3, 0.4) is 0 Å². The Morgan fingerprint density at radius 3 is 2.55 bits per heavy atom. The molecular formula is C27H38N9O15P2+. The number of hydrogen-bond donors (Lipinski definition) is 11. The first-order chi connectivity index (χ1) is 24.9. The number of fused-ring (bicyclic) bond motifs is 3. The Bertz CT molecular complexity index is 2140. The van der Waals surface area contributed by atoms with Gasteiger partial charge in [0.25, 0.3) is 5.56 Å². The number of phosphoric ester groups is 2. The van der Waals surface area contributed by atoms with Crippen LogP contribution in [0.5, 0.6) is 0 Å². The molecule has 0 spiro atoms. The topological polar surface area (TPSA) is 362 Å². The number of aliphatic hydroxyl groups is 5. The summed E-state index contributed by atoms with van der Waals surface area (Å²) in [4.78, 5) is 63.1. The van der Waals surface area contributed by atoms with Gasteiger partial charge in [-0.25, -0.2) is 33.4 Å². The number of aromatic nitrogens is 6. The zero-order valence-corrected chi connectivity index (χ0v) is 29.7. The normalized spacial score (nSPS) is 26.5. The average molecular weight is 791 g/mol. The van der Waals surface area contributed by atoms with Crippen molar-refractivity contribution in [2.45, 2.75) is 69.7 Å². The van der Waals surface area contributed by atoms with E-state index in [9.17, 15) is 54.0 Å². The summed E-state index contributed by atoms with van der Waals surface area (Å²) in [6.07, 6.45) is -8.63. The van der Waals surface area contributed by atoms with Crippen LogP contribution in [0, 0.1) is 5.92 Å². The lowest BCUT2D eigenvalue weighted by atomic mass is 9.90. The maximum Gasteiger partial charge on any atom is 0.481 e. The van der Waals surface area contributed by atoms with Crippen LogP contribution in [0.25, 0.3) is 17.2 Å². The highest BCUT2D eigenvalue weighted by Gasteiger charge is 2.49. The van der Waals surface area contributed by atoms with Gasteiger partial charge in [0.05, 0.1) is 19.9 Å². The number of nitrogens with one attached hydrogen (secondary N) is 3. The molecule has 290 valence electrons. The van der Waals surface area contributed by atoms with Gasteiger partial charge in [0, 0.05) is 6.42 Å². The van der Waals surface area contributed by atoms with Gasteiger partial charge in [0.1, 0.15) is 66.6 Å². The predicted octanol–water partition coefficient (Wildman–Crippen LogP) is -3.46. The van der Waals surface area contributed by atoms with Crippen LogP contribution in [0.1, 0.15) is 25.2 Å². The van der Waals surface area contributed by atoms with Crippen molar-refractivity contribution in [2.75, 3.05) is 35.8 Å². The molecule has 53 heavy (non-hydrogen) atoms. The Balaban J connectivity index is 1.05. The van der Waals surface area contributed by atoms with Crippen molar-refractivity contribution in [3.63, 3.8) is 0 Å². The third kappa shape index (κ3) is 8.05. The Morgan fingerprint density at radius 2 is 1.81 bits per heavy atom. The average Bonchev–Trinajstić information content (AvgIpc) is 3.63. The molecule has 0 aromatic carbocycles. The minimum Gasteiger partial charge on any atom is -0.388 e. The molecular weight excluding hydrogens is 752 g/mol. The highest BCUT2D eigenvalue weighted by atomic mass is 31.3. The zero-order chi connectivity index (χ0) is 38.6. The number of nitrogen functional groups attached to an aromatic ring is 1. The van der Waals surface area contributed by atoms with Crippen LogP contribution >= 0.6 is 15.6 Å². The summed E-state index contributed by atoms with van der Waals surface area (Å²) in [7, 11) is -11.0. The quantitative estimate of drug-likeness (QED) is 0.0592. The number of phosphoric acid groups is 2. The Labute approximate surface area is 297 Å². The smallest absolute Gasteiger partial charge is 0.388 e.